The Balaban J connectivity index is 1.79. The number of sulfonamides is 1. The molecule has 0 unspecified atom stereocenters. The van der Waals surface area contributed by atoms with Crippen LogP contribution in [0.25, 0.3) is 0 Å². The van der Waals surface area contributed by atoms with Crippen molar-refractivity contribution in [2.45, 2.75) is 30.3 Å². The summed E-state index contributed by atoms with van der Waals surface area (Å²) in [5, 5.41) is 10.8. The van der Waals surface area contributed by atoms with E-state index in [0.717, 1.165) is 11.1 Å². The second-order valence-electron chi connectivity index (χ2n) is 6.12. The van der Waals surface area contributed by atoms with Crippen LogP contribution in [0.4, 0.5) is 0 Å². The molecule has 2 aromatic carbocycles. The van der Waals surface area contributed by atoms with Gasteiger partial charge in [0.05, 0.1) is 10.5 Å². The van der Waals surface area contributed by atoms with E-state index in [-0.39, 0.29) is 0 Å². The lowest BCUT2D eigenvalue weighted by atomic mass is 9.85. The second kappa shape index (κ2) is 6.07. The van der Waals surface area contributed by atoms with Gasteiger partial charge in [-0.15, -0.1) is 0 Å². The molecule has 0 amide bonds. The first-order chi connectivity index (χ1) is 10.9. The normalized spacial score (nSPS) is 18.7. The van der Waals surface area contributed by atoms with E-state index in [0.29, 0.717) is 30.8 Å². The number of hydrogen-bond donors (Lipinski definition) is 1. The Morgan fingerprint density at radius 1 is 1.00 bits per heavy atom. The lowest BCUT2D eigenvalue weighted by Crippen LogP contribution is -2.45. The quantitative estimate of drug-likeness (QED) is 0.941. The molecular weight excluding hydrogens is 310 g/mol. The third-order valence-corrected chi connectivity index (χ3v) is 6.38. The molecule has 0 bridgehead atoms. The maximum atomic E-state index is 12.7. The van der Waals surface area contributed by atoms with Crippen LogP contribution in [0.5, 0.6) is 0 Å². The summed E-state index contributed by atoms with van der Waals surface area (Å²) < 4.78 is 26.9. The summed E-state index contributed by atoms with van der Waals surface area (Å²) in [4.78, 5) is 0.322. The predicted octanol–water partition coefficient (Wildman–Crippen LogP) is 2.67. The number of hydrogen-bond acceptors (Lipinski definition) is 3. The van der Waals surface area contributed by atoms with Crippen LogP contribution in [0.1, 0.15) is 24.0 Å². The van der Waals surface area contributed by atoms with Crippen molar-refractivity contribution in [3.63, 3.8) is 0 Å². The van der Waals surface area contributed by atoms with Crippen LogP contribution in [-0.2, 0) is 15.6 Å². The van der Waals surface area contributed by atoms with Crippen LogP contribution in [-0.4, -0.2) is 30.9 Å². The first-order valence-electron chi connectivity index (χ1n) is 7.77. The maximum absolute atomic E-state index is 12.7. The fourth-order valence-electron chi connectivity index (χ4n) is 3.06. The summed E-state index contributed by atoms with van der Waals surface area (Å²) in [6.07, 6.45) is 0.810. The Kier molecular flexibility index (Phi) is 4.27. The Bertz CT molecular complexity index is 779. The fraction of sp³-hybridized carbons (Fsp3) is 0.333. The topological polar surface area (TPSA) is 57.6 Å². The van der Waals surface area contributed by atoms with Gasteiger partial charge < -0.3 is 5.11 Å². The summed E-state index contributed by atoms with van der Waals surface area (Å²) in [5.74, 6) is 0. The molecule has 1 N–H and O–H groups in total. The monoisotopic (exact) mass is 331 g/mol. The lowest BCUT2D eigenvalue weighted by Gasteiger charge is -2.37. The van der Waals surface area contributed by atoms with Gasteiger partial charge in [0.1, 0.15) is 0 Å². The smallest absolute Gasteiger partial charge is 0.243 e. The van der Waals surface area contributed by atoms with E-state index < -0.39 is 15.6 Å². The molecule has 2 aromatic rings. The predicted molar refractivity (Wildman–Crippen MR) is 89.5 cm³/mol. The van der Waals surface area contributed by atoms with Crippen LogP contribution in [0, 0.1) is 6.92 Å². The molecule has 1 aliphatic heterocycles. The van der Waals surface area contributed by atoms with Gasteiger partial charge in [0, 0.05) is 13.1 Å². The minimum atomic E-state index is -3.49. The maximum Gasteiger partial charge on any atom is 0.243 e. The van der Waals surface area contributed by atoms with E-state index in [9.17, 15) is 13.5 Å². The standard InChI is InChI=1S/C18H21NO3S/c1-15-6-5-9-17(14-15)23(21,22)19-12-10-18(20,11-13-19)16-7-3-2-4-8-16/h2-9,14,20H,10-13H2,1H3. The van der Waals surface area contributed by atoms with Gasteiger partial charge in [-0.1, -0.05) is 42.5 Å². The zero-order chi connectivity index (χ0) is 16.5. The molecule has 0 atom stereocenters. The number of aliphatic hydroxyl groups is 1. The molecule has 0 saturated carbocycles. The van der Waals surface area contributed by atoms with Crippen molar-refractivity contribution >= 4 is 10.0 Å². The Labute approximate surface area is 137 Å². The van der Waals surface area contributed by atoms with Gasteiger partial charge in [0.2, 0.25) is 10.0 Å². The molecule has 122 valence electrons. The highest BCUT2D eigenvalue weighted by molar-refractivity contribution is 7.89. The first kappa shape index (κ1) is 16.2. The second-order valence-corrected chi connectivity index (χ2v) is 8.06. The molecule has 1 saturated heterocycles. The molecule has 0 radical (unpaired) electrons. The van der Waals surface area contributed by atoms with Crippen LogP contribution < -0.4 is 0 Å². The van der Waals surface area contributed by atoms with Crippen LogP contribution >= 0.6 is 0 Å². The van der Waals surface area contributed by atoms with Gasteiger partial charge in [-0.3, -0.25) is 0 Å². The molecule has 23 heavy (non-hydrogen) atoms. The van der Waals surface area contributed by atoms with Crippen molar-refractivity contribution in [3.05, 3.63) is 65.7 Å². The van der Waals surface area contributed by atoms with Crippen LogP contribution in [0.15, 0.2) is 59.5 Å². The first-order valence-corrected chi connectivity index (χ1v) is 9.21. The number of piperidine rings is 1. The number of rotatable bonds is 3. The van der Waals surface area contributed by atoms with Crippen molar-refractivity contribution < 1.29 is 13.5 Å². The average Bonchev–Trinajstić information content (AvgIpc) is 2.56. The van der Waals surface area contributed by atoms with Crippen molar-refractivity contribution in [3.8, 4) is 0 Å². The molecule has 4 nitrogen and oxygen atoms in total. The van der Waals surface area contributed by atoms with Crippen molar-refractivity contribution in [2.75, 3.05) is 13.1 Å². The van der Waals surface area contributed by atoms with Crippen LogP contribution in [0.2, 0.25) is 0 Å². The zero-order valence-corrected chi connectivity index (χ0v) is 14.0. The van der Waals surface area contributed by atoms with Gasteiger partial charge in [-0.05, 0) is 43.0 Å². The van der Waals surface area contributed by atoms with Crippen molar-refractivity contribution in [2.24, 2.45) is 0 Å². The summed E-state index contributed by atoms with van der Waals surface area (Å²) in [6.45, 7) is 2.52. The fourth-order valence-corrected chi connectivity index (χ4v) is 4.61. The number of aryl methyl sites for hydroxylation is 1. The largest absolute Gasteiger partial charge is 0.385 e. The molecule has 0 spiro atoms. The van der Waals surface area contributed by atoms with Gasteiger partial charge in [-0.2, -0.15) is 4.31 Å². The Morgan fingerprint density at radius 2 is 1.65 bits per heavy atom. The van der Waals surface area contributed by atoms with E-state index in [1.165, 1.54) is 4.31 Å². The summed E-state index contributed by atoms with van der Waals surface area (Å²) >= 11 is 0. The number of nitrogens with zero attached hydrogens (tertiary/aromatic N) is 1. The molecule has 5 heteroatoms. The highest BCUT2D eigenvalue weighted by Crippen LogP contribution is 2.34. The number of benzene rings is 2. The highest BCUT2D eigenvalue weighted by Gasteiger charge is 2.38. The average molecular weight is 331 g/mol. The van der Waals surface area contributed by atoms with E-state index in [4.69, 9.17) is 0 Å². The van der Waals surface area contributed by atoms with Gasteiger partial charge in [-0.25, -0.2) is 8.42 Å². The zero-order valence-electron chi connectivity index (χ0n) is 13.1. The lowest BCUT2D eigenvalue weighted by molar-refractivity contribution is -0.00961. The molecule has 0 aromatic heterocycles. The molecule has 1 fully saturated rings. The van der Waals surface area contributed by atoms with Crippen molar-refractivity contribution in [1.82, 2.24) is 4.31 Å². The minimum absolute atomic E-state index is 0.321. The van der Waals surface area contributed by atoms with Gasteiger partial charge in [0.15, 0.2) is 0 Å². The minimum Gasteiger partial charge on any atom is -0.385 e. The highest BCUT2D eigenvalue weighted by atomic mass is 32.2. The van der Waals surface area contributed by atoms with E-state index >= 15 is 0 Å². The van der Waals surface area contributed by atoms with E-state index in [2.05, 4.69) is 0 Å². The summed E-state index contributed by atoms with van der Waals surface area (Å²) in [7, 11) is -3.49. The van der Waals surface area contributed by atoms with Crippen LogP contribution in [0.3, 0.4) is 0 Å². The molecule has 0 aliphatic carbocycles. The molecular formula is C18H21NO3S. The Hall–Kier alpha value is -1.69. The molecule has 1 aliphatic rings. The third-order valence-electron chi connectivity index (χ3n) is 4.49. The van der Waals surface area contributed by atoms with Gasteiger partial charge >= 0.3 is 0 Å². The van der Waals surface area contributed by atoms with Crippen molar-refractivity contribution in [1.29, 1.82) is 0 Å². The van der Waals surface area contributed by atoms with E-state index in [1.807, 2.05) is 43.3 Å². The van der Waals surface area contributed by atoms with Gasteiger partial charge in [0.25, 0.3) is 0 Å². The molecule has 3 rings (SSSR count). The molecule has 1 heterocycles. The Morgan fingerprint density at radius 3 is 2.26 bits per heavy atom. The third kappa shape index (κ3) is 3.17. The SMILES string of the molecule is Cc1cccc(S(=O)(=O)N2CCC(O)(c3ccccc3)CC2)c1. The summed E-state index contributed by atoms with van der Waals surface area (Å²) in [5.41, 5.74) is 0.830. The summed E-state index contributed by atoms with van der Waals surface area (Å²) in [6, 6.07) is 16.4. The van der Waals surface area contributed by atoms with E-state index in [1.54, 1.807) is 18.2 Å².